The third-order valence-corrected chi connectivity index (χ3v) is 2.89. The molecule has 0 radical (unpaired) electrons. The lowest BCUT2D eigenvalue weighted by atomic mass is 10.2. The van der Waals surface area contributed by atoms with E-state index in [0.29, 0.717) is 11.2 Å². The highest BCUT2D eigenvalue weighted by molar-refractivity contribution is 6.29. The average molecular weight is 262 g/mol. The number of pyridine rings is 1. The summed E-state index contributed by atoms with van der Waals surface area (Å²) in [7, 11) is 0. The van der Waals surface area contributed by atoms with Crippen LogP contribution in [-0.2, 0) is 6.54 Å². The quantitative estimate of drug-likeness (QED) is 0.815. The van der Waals surface area contributed by atoms with Crippen molar-refractivity contribution >= 4 is 24.0 Å². The van der Waals surface area contributed by atoms with E-state index in [1.54, 1.807) is 0 Å². The molecule has 1 unspecified atom stereocenters. The first-order valence-corrected chi connectivity index (χ1v) is 5.77. The van der Waals surface area contributed by atoms with Crippen LogP contribution in [0.15, 0.2) is 18.3 Å². The van der Waals surface area contributed by atoms with E-state index < -0.39 is 0 Å². The molecule has 2 heterocycles. The van der Waals surface area contributed by atoms with Gasteiger partial charge in [-0.25, -0.2) is 4.98 Å². The molecule has 1 aliphatic rings. The third-order valence-electron chi connectivity index (χ3n) is 2.67. The molecule has 0 amide bonds. The molecule has 2 rings (SSSR count). The van der Waals surface area contributed by atoms with Gasteiger partial charge in [-0.2, -0.15) is 0 Å². The maximum absolute atomic E-state index is 5.71. The van der Waals surface area contributed by atoms with Gasteiger partial charge in [0.25, 0.3) is 0 Å². The lowest BCUT2D eigenvalue weighted by molar-refractivity contribution is 0.535. The van der Waals surface area contributed by atoms with E-state index in [1.165, 1.54) is 18.4 Å². The van der Waals surface area contributed by atoms with Gasteiger partial charge in [-0.15, -0.1) is 12.4 Å². The summed E-state index contributed by atoms with van der Waals surface area (Å²) >= 11 is 5.71. The van der Waals surface area contributed by atoms with E-state index in [1.807, 2.05) is 18.3 Å². The molecule has 1 fully saturated rings. The molecule has 0 spiro atoms. The molecule has 16 heavy (non-hydrogen) atoms. The Balaban J connectivity index is 0.00000128. The predicted octanol–water partition coefficient (Wildman–Crippen LogP) is 2.00. The lowest BCUT2D eigenvalue weighted by Gasteiger charge is -2.11. The Morgan fingerprint density at radius 1 is 1.50 bits per heavy atom. The van der Waals surface area contributed by atoms with Crippen LogP contribution in [0.5, 0.6) is 0 Å². The molecule has 0 aromatic carbocycles. The summed E-state index contributed by atoms with van der Waals surface area (Å²) in [6.45, 7) is 3.06. The number of rotatable bonds is 4. The average Bonchev–Trinajstić information content (AvgIpc) is 2.74. The number of hydrogen-bond donors (Lipinski definition) is 2. The first kappa shape index (κ1) is 13.7. The molecule has 5 heteroatoms. The Bertz CT molecular complexity index is 297. The van der Waals surface area contributed by atoms with E-state index in [9.17, 15) is 0 Å². The second-order valence-corrected chi connectivity index (χ2v) is 4.30. The normalized spacial score (nSPS) is 19.4. The zero-order valence-corrected chi connectivity index (χ0v) is 10.7. The number of aromatic nitrogens is 1. The van der Waals surface area contributed by atoms with Crippen LogP contribution < -0.4 is 10.6 Å². The Labute approximate surface area is 107 Å². The minimum Gasteiger partial charge on any atom is -0.313 e. The molecule has 1 aromatic rings. The van der Waals surface area contributed by atoms with E-state index in [2.05, 4.69) is 15.6 Å². The van der Waals surface area contributed by atoms with Gasteiger partial charge >= 0.3 is 0 Å². The number of hydrogen-bond acceptors (Lipinski definition) is 3. The predicted molar refractivity (Wildman–Crippen MR) is 69.2 cm³/mol. The van der Waals surface area contributed by atoms with Crippen molar-refractivity contribution in [1.29, 1.82) is 0 Å². The molecule has 0 aliphatic carbocycles. The van der Waals surface area contributed by atoms with E-state index in [-0.39, 0.29) is 12.4 Å². The van der Waals surface area contributed by atoms with Crippen molar-refractivity contribution in [3.63, 3.8) is 0 Å². The van der Waals surface area contributed by atoms with Crippen LogP contribution in [-0.4, -0.2) is 24.1 Å². The topological polar surface area (TPSA) is 37.0 Å². The van der Waals surface area contributed by atoms with Gasteiger partial charge in [0.2, 0.25) is 0 Å². The fourth-order valence-electron chi connectivity index (χ4n) is 1.83. The van der Waals surface area contributed by atoms with Crippen LogP contribution in [0, 0.1) is 0 Å². The smallest absolute Gasteiger partial charge is 0.129 e. The lowest BCUT2D eigenvalue weighted by Crippen LogP contribution is -2.33. The zero-order valence-electron chi connectivity index (χ0n) is 9.08. The summed E-state index contributed by atoms with van der Waals surface area (Å²) in [6, 6.07) is 4.47. The van der Waals surface area contributed by atoms with Gasteiger partial charge in [-0.3, -0.25) is 0 Å². The SMILES string of the molecule is Cl.Clc1ccc(CNCC2CCCN2)cn1. The van der Waals surface area contributed by atoms with Gasteiger partial charge in [0.1, 0.15) is 5.15 Å². The van der Waals surface area contributed by atoms with E-state index in [0.717, 1.165) is 19.6 Å². The van der Waals surface area contributed by atoms with Crippen molar-refractivity contribution in [3.8, 4) is 0 Å². The van der Waals surface area contributed by atoms with Crippen LogP contribution in [0.25, 0.3) is 0 Å². The molecule has 1 aliphatic heterocycles. The molecule has 1 saturated heterocycles. The van der Waals surface area contributed by atoms with Crippen LogP contribution in [0.2, 0.25) is 5.15 Å². The highest BCUT2D eigenvalue weighted by Crippen LogP contribution is 2.06. The maximum Gasteiger partial charge on any atom is 0.129 e. The molecule has 0 bridgehead atoms. The molecule has 1 aromatic heterocycles. The number of halogens is 2. The molecule has 2 N–H and O–H groups in total. The van der Waals surface area contributed by atoms with Crippen molar-refractivity contribution in [2.45, 2.75) is 25.4 Å². The first-order valence-electron chi connectivity index (χ1n) is 5.39. The van der Waals surface area contributed by atoms with Gasteiger partial charge in [-0.1, -0.05) is 17.7 Å². The van der Waals surface area contributed by atoms with Gasteiger partial charge in [0, 0.05) is 25.3 Å². The van der Waals surface area contributed by atoms with Crippen LogP contribution in [0.1, 0.15) is 18.4 Å². The van der Waals surface area contributed by atoms with Crippen LogP contribution in [0.4, 0.5) is 0 Å². The minimum absolute atomic E-state index is 0. The van der Waals surface area contributed by atoms with Gasteiger partial charge < -0.3 is 10.6 Å². The Kier molecular flexibility index (Phi) is 6.06. The molecular weight excluding hydrogens is 245 g/mol. The maximum atomic E-state index is 5.71. The Morgan fingerprint density at radius 2 is 2.38 bits per heavy atom. The van der Waals surface area contributed by atoms with Crippen LogP contribution in [0.3, 0.4) is 0 Å². The minimum atomic E-state index is 0. The Morgan fingerprint density at radius 3 is 3.00 bits per heavy atom. The zero-order chi connectivity index (χ0) is 10.5. The van der Waals surface area contributed by atoms with Gasteiger partial charge in [-0.05, 0) is 31.0 Å². The number of nitrogens with zero attached hydrogens (tertiary/aromatic N) is 1. The monoisotopic (exact) mass is 261 g/mol. The first-order chi connectivity index (χ1) is 7.34. The van der Waals surface area contributed by atoms with Gasteiger partial charge in [0.15, 0.2) is 0 Å². The second kappa shape index (κ2) is 7.07. The summed E-state index contributed by atoms with van der Waals surface area (Å²) in [5, 5.41) is 7.42. The highest BCUT2D eigenvalue weighted by Gasteiger charge is 2.12. The molecule has 90 valence electrons. The fourth-order valence-corrected chi connectivity index (χ4v) is 1.94. The highest BCUT2D eigenvalue weighted by atomic mass is 35.5. The molecular formula is C11H17Cl2N3. The fraction of sp³-hybridized carbons (Fsp3) is 0.545. The van der Waals surface area contributed by atoms with Crippen molar-refractivity contribution < 1.29 is 0 Å². The summed E-state index contributed by atoms with van der Waals surface area (Å²) in [5.74, 6) is 0. The number of nitrogens with one attached hydrogen (secondary N) is 2. The van der Waals surface area contributed by atoms with E-state index >= 15 is 0 Å². The van der Waals surface area contributed by atoms with Gasteiger partial charge in [0.05, 0.1) is 0 Å². The van der Waals surface area contributed by atoms with Crippen molar-refractivity contribution in [1.82, 2.24) is 15.6 Å². The third kappa shape index (κ3) is 4.26. The van der Waals surface area contributed by atoms with Crippen molar-refractivity contribution in [2.75, 3.05) is 13.1 Å². The van der Waals surface area contributed by atoms with Crippen molar-refractivity contribution in [2.24, 2.45) is 0 Å². The summed E-state index contributed by atoms with van der Waals surface area (Å²) in [5.41, 5.74) is 1.18. The van der Waals surface area contributed by atoms with Crippen molar-refractivity contribution in [3.05, 3.63) is 29.0 Å². The second-order valence-electron chi connectivity index (χ2n) is 3.91. The molecule has 1 atom stereocenters. The summed E-state index contributed by atoms with van der Waals surface area (Å²) in [6.07, 6.45) is 4.40. The largest absolute Gasteiger partial charge is 0.313 e. The summed E-state index contributed by atoms with van der Waals surface area (Å²) in [4.78, 5) is 4.04. The molecule has 3 nitrogen and oxygen atoms in total. The van der Waals surface area contributed by atoms with Crippen LogP contribution >= 0.6 is 24.0 Å². The standard InChI is InChI=1S/C11H16ClN3.ClH/c12-11-4-3-9(7-15-11)6-13-8-10-2-1-5-14-10;/h3-4,7,10,13-14H,1-2,5-6,8H2;1H. The summed E-state index contributed by atoms with van der Waals surface area (Å²) < 4.78 is 0. The van der Waals surface area contributed by atoms with E-state index in [4.69, 9.17) is 11.6 Å². The molecule has 0 saturated carbocycles. The Hall–Kier alpha value is -0.350.